The first-order valence-electron chi connectivity index (χ1n) is 17.4. The monoisotopic (exact) mass is 647 g/mol. The normalized spacial score (nSPS) is 12.3. The van der Waals surface area contributed by atoms with E-state index in [1.54, 1.807) is 0 Å². The Balaban J connectivity index is 1.06. The highest BCUT2D eigenvalue weighted by Gasteiger charge is 2.17. The molecule has 0 heterocycles. The van der Waals surface area contributed by atoms with Crippen LogP contribution in [0.25, 0.3) is 60.5 Å². The molecule has 0 aromatic heterocycles. The highest BCUT2D eigenvalue weighted by Crippen LogP contribution is 2.39. The SMILES string of the molecule is C1=CC(N(c2ccccc2)c2ccc(-c3cccc(-c4cccc5c#ccc(-c6ccccc6)c45)c3)cc2)=CCC=1c1cccc2ccccc12. The minimum atomic E-state index is 0.810. The van der Waals surface area contributed by atoms with Crippen LogP contribution in [0, 0.1) is 12.1 Å². The van der Waals surface area contributed by atoms with Crippen molar-refractivity contribution >= 4 is 38.5 Å². The molecule has 0 spiro atoms. The van der Waals surface area contributed by atoms with Crippen molar-refractivity contribution in [1.82, 2.24) is 0 Å². The number of para-hydroxylation sites is 1. The Labute approximate surface area is 299 Å². The van der Waals surface area contributed by atoms with Crippen LogP contribution in [-0.2, 0) is 0 Å². The summed E-state index contributed by atoms with van der Waals surface area (Å²) in [7, 11) is 0. The van der Waals surface area contributed by atoms with Crippen LogP contribution in [0.1, 0.15) is 12.0 Å². The van der Waals surface area contributed by atoms with E-state index in [0.29, 0.717) is 0 Å². The molecule has 51 heavy (non-hydrogen) atoms. The quantitative estimate of drug-likeness (QED) is 0.156. The van der Waals surface area contributed by atoms with Gasteiger partial charge in [0.15, 0.2) is 0 Å². The summed E-state index contributed by atoms with van der Waals surface area (Å²) in [5.74, 6) is 0. The first-order chi connectivity index (χ1) is 25.3. The van der Waals surface area contributed by atoms with Gasteiger partial charge in [-0.25, -0.2) is 0 Å². The molecule has 0 saturated heterocycles. The van der Waals surface area contributed by atoms with Gasteiger partial charge in [-0.3, -0.25) is 0 Å². The number of fused-ring (bicyclic) bond motifs is 2. The van der Waals surface area contributed by atoms with Crippen molar-refractivity contribution in [2.24, 2.45) is 0 Å². The molecule has 238 valence electrons. The van der Waals surface area contributed by atoms with Gasteiger partial charge in [0, 0.05) is 40.2 Å². The van der Waals surface area contributed by atoms with E-state index in [1.165, 1.54) is 60.7 Å². The fourth-order valence-corrected chi connectivity index (χ4v) is 7.30. The third kappa shape index (κ3) is 5.81. The second-order valence-electron chi connectivity index (χ2n) is 12.8. The maximum atomic E-state index is 3.66. The first kappa shape index (κ1) is 30.2. The van der Waals surface area contributed by atoms with E-state index in [2.05, 4.69) is 211 Å². The van der Waals surface area contributed by atoms with Gasteiger partial charge in [0.05, 0.1) is 5.70 Å². The lowest BCUT2D eigenvalue weighted by atomic mass is 9.91. The highest BCUT2D eigenvalue weighted by molar-refractivity contribution is 6.06. The fraction of sp³-hybridized carbons (Fsp3) is 0.0200. The second-order valence-corrected chi connectivity index (χ2v) is 12.8. The van der Waals surface area contributed by atoms with Gasteiger partial charge in [0.25, 0.3) is 0 Å². The van der Waals surface area contributed by atoms with E-state index in [4.69, 9.17) is 0 Å². The number of nitrogens with zero attached hydrogens (tertiary/aromatic N) is 1. The molecule has 0 aliphatic heterocycles. The third-order valence-corrected chi connectivity index (χ3v) is 9.77. The van der Waals surface area contributed by atoms with Gasteiger partial charge >= 0.3 is 0 Å². The lowest BCUT2D eigenvalue weighted by Crippen LogP contribution is -2.15. The first-order valence-corrected chi connectivity index (χ1v) is 17.4. The largest absolute Gasteiger partial charge is 0.310 e. The predicted octanol–water partition coefficient (Wildman–Crippen LogP) is 13.3. The molecule has 9 rings (SSSR count). The Bertz CT molecular complexity index is 2610. The van der Waals surface area contributed by atoms with E-state index < -0.39 is 0 Å². The Morgan fingerprint density at radius 1 is 0.490 bits per heavy atom. The molecular weight excluding hydrogens is 615 g/mol. The summed E-state index contributed by atoms with van der Waals surface area (Å²) in [6, 6.07) is 69.1. The van der Waals surface area contributed by atoms with Crippen molar-refractivity contribution in [2.45, 2.75) is 6.42 Å². The molecule has 1 aliphatic carbocycles. The molecule has 1 heteroatoms. The predicted molar refractivity (Wildman–Crippen MR) is 215 cm³/mol. The molecule has 0 N–H and O–H groups in total. The Morgan fingerprint density at radius 2 is 1.16 bits per heavy atom. The number of hydrogen-bond donors (Lipinski definition) is 0. The minimum Gasteiger partial charge on any atom is -0.310 e. The number of benzene rings is 7. The van der Waals surface area contributed by atoms with Gasteiger partial charge in [-0.1, -0.05) is 152 Å². The molecule has 0 unspecified atom stereocenters. The van der Waals surface area contributed by atoms with Crippen molar-refractivity contribution in [3.8, 4) is 33.4 Å². The van der Waals surface area contributed by atoms with Gasteiger partial charge in [-0.2, -0.15) is 0 Å². The molecule has 0 atom stereocenters. The average Bonchev–Trinajstić information content (AvgIpc) is 3.21. The van der Waals surface area contributed by atoms with Crippen molar-refractivity contribution in [1.29, 1.82) is 0 Å². The standard InChI is InChI=1S/C50H33N/c1-3-13-38(14-4-1)48-25-11-17-40-18-12-26-49(50(40)48)42-20-9-19-41(35-42)36-27-31-44(32-28-36)51(43-21-5-2-6-22-43)45-33-29-39(30-34-45)47-24-10-16-37-15-7-8-23-46(37)47/h1-10,12-16,18-28,31-35H,29H2. The molecule has 0 bridgehead atoms. The van der Waals surface area contributed by atoms with Crippen LogP contribution in [0.2, 0.25) is 0 Å². The van der Waals surface area contributed by atoms with E-state index in [-0.39, 0.29) is 0 Å². The number of hydrogen-bond acceptors (Lipinski definition) is 1. The molecule has 0 fully saturated rings. The van der Waals surface area contributed by atoms with Crippen LogP contribution in [0.5, 0.6) is 0 Å². The van der Waals surface area contributed by atoms with Crippen LogP contribution in [0.15, 0.2) is 200 Å². The number of rotatable bonds is 7. The van der Waals surface area contributed by atoms with Crippen LogP contribution >= 0.6 is 0 Å². The smallest absolute Gasteiger partial charge is 0.0502 e. The summed E-state index contributed by atoms with van der Waals surface area (Å²) in [6.07, 6.45) is 5.26. The summed E-state index contributed by atoms with van der Waals surface area (Å²) in [5, 5.41) is 4.78. The molecule has 1 aliphatic rings. The Morgan fingerprint density at radius 3 is 1.98 bits per heavy atom. The lowest BCUT2D eigenvalue weighted by molar-refractivity contribution is 1.17. The number of anilines is 2. The summed E-state index contributed by atoms with van der Waals surface area (Å²) < 4.78 is 0. The molecule has 0 radical (unpaired) electrons. The maximum Gasteiger partial charge on any atom is 0.0502 e. The van der Waals surface area contributed by atoms with Crippen molar-refractivity contribution in [3.63, 3.8) is 0 Å². The summed E-state index contributed by atoms with van der Waals surface area (Å²) in [4.78, 5) is 2.32. The van der Waals surface area contributed by atoms with Crippen molar-refractivity contribution in [3.05, 3.63) is 217 Å². The zero-order chi connectivity index (χ0) is 34.0. The van der Waals surface area contributed by atoms with Crippen LogP contribution in [0.3, 0.4) is 0 Å². The van der Waals surface area contributed by atoms with Crippen LogP contribution < -0.4 is 4.90 Å². The number of allylic oxidation sites excluding steroid dienone is 2. The van der Waals surface area contributed by atoms with Crippen molar-refractivity contribution in [2.75, 3.05) is 4.90 Å². The van der Waals surface area contributed by atoms with E-state index in [1.807, 2.05) is 0 Å². The Kier molecular flexibility index (Phi) is 7.84. The van der Waals surface area contributed by atoms with Gasteiger partial charge in [0.2, 0.25) is 0 Å². The second kappa shape index (κ2) is 13.2. The average molecular weight is 648 g/mol. The molecule has 8 aromatic rings. The lowest BCUT2D eigenvalue weighted by Gasteiger charge is -2.27. The highest BCUT2D eigenvalue weighted by atomic mass is 15.1. The van der Waals surface area contributed by atoms with Crippen LogP contribution in [0.4, 0.5) is 11.4 Å². The topological polar surface area (TPSA) is 3.24 Å². The van der Waals surface area contributed by atoms with Gasteiger partial charge in [-0.15, -0.1) is 5.73 Å². The summed E-state index contributed by atoms with van der Waals surface area (Å²) >= 11 is 0. The van der Waals surface area contributed by atoms with Gasteiger partial charge in [-0.05, 0) is 92.2 Å². The molecular formula is C50H33N. The molecule has 8 aromatic carbocycles. The van der Waals surface area contributed by atoms with Gasteiger partial charge in [0.1, 0.15) is 0 Å². The van der Waals surface area contributed by atoms with Gasteiger partial charge < -0.3 is 4.90 Å². The van der Waals surface area contributed by atoms with E-state index in [9.17, 15) is 0 Å². The minimum absolute atomic E-state index is 0.810. The fourth-order valence-electron chi connectivity index (χ4n) is 7.30. The molecule has 0 amide bonds. The maximum absolute atomic E-state index is 3.66. The molecule has 0 saturated carbocycles. The summed E-state index contributed by atoms with van der Waals surface area (Å²) in [5.41, 5.74) is 16.5. The zero-order valence-corrected chi connectivity index (χ0v) is 28.1. The summed E-state index contributed by atoms with van der Waals surface area (Å²) in [6.45, 7) is 0. The van der Waals surface area contributed by atoms with Crippen molar-refractivity contribution < 1.29 is 0 Å². The Hall–Kier alpha value is -6.84. The van der Waals surface area contributed by atoms with E-state index >= 15 is 0 Å². The van der Waals surface area contributed by atoms with E-state index in [0.717, 1.165) is 28.9 Å². The third-order valence-electron chi connectivity index (χ3n) is 9.77. The van der Waals surface area contributed by atoms with Crippen LogP contribution in [-0.4, -0.2) is 0 Å². The zero-order valence-electron chi connectivity index (χ0n) is 28.1. The molecule has 1 nitrogen and oxygen atoms in total.